The van der Waals surface area contributed by atoms with Crippen molar-refractivity contribution in [3.05, 3.63) is 41.6 Å². The first kappa shape index (κ1) is 17.0. The summed E-state index contributed by atoms with van der Waals surface area (Å²) in [4.78, 5) is 4.83. The van der Waals surface area contributed by atoms with E-state index in [0.717, 1.165) is 35.6 Å². The van der Waals surface area contributed by atoms with Crippen LogP contribution >= 0.6 is 0 Å². The van der Waals surface area contributed by atoms with E-state index in [1.165, 1.54) is 16.5 Å². The molecule has 0 spiro atoms. The molecule has 0 atom stereocenters. The number of rotatable bonds is 3. The number of hydrogen-bond donors (Lipinski definition) is 1. The molecule has 2 heterocycles. The second-order valence-electron chi connectivity index (χ2n) is 8.14. The third-order valence-electron chi connectivity index (χ3n) is 5.47. The standard InChI is InChI=1S/C20H28N2OSi/c1-8-15-16-11-14(23-24(6,7)20(3,4)5)9-10-18(16)22-19-13(2)21-12-17(15)19/h9-11,21H,2,8,12H2,1,3-7H3. The summed E-state index contributed by atoms with van der Waals surface area (Å²) in [5.74, 6) is 0.968. The van der Waals surface area contributed by atoms with E-state index in [2.05, 4.69) is 70.9 Å². The van der Waals surface area contributed by atoms with Crippen molar-refractivity contribution < 1.29 is 4.43 Å². The Kier molecular flexibility index (Phi) is 3.99. The molecule has 0 amide bonds. The molecule has 128 valence electrons. The second-order valence-corrected chi connectivity index (χ2v) is 12.9. The van der Waals surface area contributed by atoms with Crippen molar-refractivity contribution in [1.29, 1.82) is 0 Å². The summed E-state index contributed by atoms with van der Waals surface area (Å²) in [7, 11) is -1.84. The van der Waals surface area contributed by atoms with Crippen molar-refractivity contribution in [3.63, 3.8) is 0 Å². The van der Waals surface area contributed by atoms with Crippen LogP contribution in [-0.4, -0.2) is 13.3 Å². The van der Waals surface area contributed by atoms with E-state index in [4.69, 9.17) is 9.41 Å². The third kappa shape index (κ3) is 2.73. The Hall–Kier alpha value is -1.81. The maximum atomic E-state index is 6.49. The van der Waals surface area contributed by atoms with Crippen LogP contribution in [0.1, 0.15) is 44.5 Å². The number of aryl methyl sites for hydroxylation is 1. The molecular formula is C20H28N2OSi. The van der Waals surface area contributed by atoms with E-state index < -0.39 is 8.32 Å². The molecular weight excluding hydrogens is 312 g/mol. The van der Waals surface area contributed by atoms with E-state index in [-0.39, 0.29) is 5.04 Å². The van der Waals surface area contributed by atoms with Crippen LogP contribution in [0.4, 0.5) is 0 Å². The fourth-order valence-electron chi connectivity index (χ4n) is 2.98. The molecule has 1 aliphatic heterocycles. The Morgan fingerprint density at radius 3 is 2.62 bits per heavy atom. The Morgan fingerprint density at radius 2 is 2.00 bits per heavy atom. The Balaban J connectivity index is 2.10. The van der Waals surface area contributed by atoms with Crippen molar-refractivity contribution in [2.75, 3.05) is 0 Å². The Morgan fingerprint density at radius 1 is 1.29 bits per heavy atom. The zero-order valence-corrected chi connectivity index (χ0v) is 16.7. The molecule has 1 N–H and O–H groups in total. The molecule has 0 unspecified atom stereocenters. The van der Waals surface area contributed by atoms with Gasteiger partial charge in [0, 0.05) is 17.5 Å². The van der Waals surface area contributed by atoms with Gasteiger partial charge in [0.15, 0.2) is 0 Å². The zero-order valence-electron chi connectivity index (χ0n) is 15.7. The summed E-state index contributed by atoms with van der Waals surface area (Å²) in [6.07, 6.45) is 0.986. The van der Waals surface area contributed by atoms with Crippen molar-refractivity contribution in [2.45, 2.75) is 58.8 Å². The quantitative estimate of drug-likeness (QED) is 0.774. The molecule has 0 fully saturated rings. The summed E-state index contributed by atoms with van der Waals surface area (Å²) in [6.45, 7) is 18.5. The Labute approximate surface area is 146 Å². The highest BCUT2D eigenvalue weighted by Gasteiger charge is 2.39. The predicted molar refractivity (Wildman–Crippen MR) is 105 cm³/mol. The van der Waals surface area contributed by atoms with E-state index >= 15 is 0 Å². The first-order valence-electron chi connectivity index (χ1n) is 8.71. The number of nitrogens with one attached hydrogen (secondary N) is 1. The topological polar surface area (TPSA) is 34.2 Å². The average Bonchev–Trinajstić information content (AvgIpc) is 2.84. The van der Waals surface area contributed by atoms with Gasteiger partial charge >= 0.3 is 0 Å². The lowest BCUT2D eigenvalue weighted by molar-refractivity contribution is 0.493. The van der Waals surface area contributed by atoms with Gasteiger partial charge in [0.05, 0.1) is 16.9 Å². The minimum atomic E-state index is -1.84. The van der Waals surface area contributed by atoms with Gasteiger partial charge in [-0.2, -0.15) is 0 Å². The number of nitrogens with zero attached hydrogens (tertiary/aromatic N) is 1. The van der Waals surface area contributed by atoms with Gasteiger partial charge in [-0.05, 0) is 48.3 Å². The minimum absolute atomic E-state index is 0.188. The van der Waals surface area contributed by atoms with E-state index in [1.807, 2.05) is 0 Å². The highest BCUT2D eigenvalue weighted by Crippen LogP contribution is 2.39. The molecule has 3 rings (SSSR count). The number of aromatic nitrogens is 1. The van der Waals surface area contributed by atoms with Gasteiger partial charge in [0.2, 0.25) is 8.32 Å². The maximum absolute atomic E-state index is 6.49. The van der Waals surface area contributed by atoms with Crippen LogP contribution in [0, 0.1) is 0 Å². The number of benzene rings is 1. The number of fused-ring (bicyclic) bond motifs is 2. The fourth-order valence-corrected chi connectivity index (χ4v) is 4.00. The van der Waals surface area contributed by atoms with Crippen molar-refractivity contribution in [2.24, 2.45) is 0 Å². The monoisotopic (exact) mass is 340 g/mol. The van der Waals surface area contributed by atoms with Crippen LogP contribution in [0.25, 0.3) is 16.6 Å². The van der Waals surface area contributed by atoms with Gasteiger partial charge < -0.3 is 9.74 Å². The molecule has 1 aliphatic rings. The molecule has 24 heavy (non-hydrogen) atoms. The predicted octanol–water partition coefficient (Wildman–Crippen LogP) is 5.26. The van der Waals surface area contributed by atoms with Gasteiger partial charge in [-0.3, -0.25) is 0 Å². The minimum Gasteiger partial charge on any atom is -0.543 e. The molecule has 0 bridgehead atoms. The van der Waals surface area contributed by atoms with Gasteiger partial charge in [0.1, 0.15) is 5.75 Å². The largest absolute Gasteiger partial charge is 0.543 e. The second kappa shape index (κ2) is 5.62. The number of pyridine rings is 1. The van der Waals surface area contributed by atoms with Crippen LogP contribution in [0.3, 0.4) is 0 Å². The Bertz CT molecular complexity index is 818. The highest BCUT2D eigenvalue weighted by molar-refractivity contribution is 6.74. The van der Waals surface area contributed by atoms with Crippen LogP contribution in [0.2, 0.25) is 18.1 Å². The van der Waals surface area contributed by atoms with Crippen molar-refractivity contribution >= 4 is 24.9 Å². The van der Waals surface area contributed by atoms with Crippen molar-refractivity contribution in [1.82, 2.24) is 10.3 Å². The van der Waals surface area contributed by atoms with Gasteiger partial charge in [0.25, 0.3) is 0 Å². The molecule has 0 aliphatic carbocycles. The maximum Gasteiger partial charge on any atom is 0.250 e. The third-order valence-corrected chi connectivity index (χ3v) is 9.83. The van der Waals surface area contributed by atoms with E-state index in [9.17, 15) is 0 Å². The molecule has 1 aromatic carbocycles. The SMILES string of the molecule is C=C1NCc2c1nc1ccc(O[Si](C)(C)C(C)(C)C)cc1c2CC. The van der Waals surface area contributed by atoms with Gasteiger partial charge in [-0.1, -0.05) is 34.3 Å². The summed E-state index contributed by atoms with van der Waals surface area (Å²) in [5, 5.41) is 4.73. The highest BCUT2D eigenvalue weighted by atomic mass is 28.4. The lowest BCUT2D eigenvalue weighted by atomic mass is 9.99. The lowest BCUT2D eigenvalue weighted by Crippen LogP contribution is -2.43. The summed E-state index contributed by atoms with van der Waals surface area (Å²) in [6, 6.07) is 6.33. The van der Waals surface area contributed by atoms with Crippen LogP contribution < -0.4 is 9.74 Å². The van der Waals surface area contributed by atoms with Gasteiger partial charge in [-0.15, -0.1) is 0 Å². The summed E-state index contributed by atoms with van der Waals surface area (Å²) >= 11 is 0. The smallest absolute Gasteiger partial charge is 0.250 e. The van der Waals surface area contributed by atoms with Crippen LogP contribution in [0.5, 0.6) is 5.75 Å². The molecule has 0 radical (unpaired) electrons. The van der Waals surface area contributed by atoms with Crippen LogP contribution in [-0.2, 0) is 13.0 Å². The van der Waals surface area contributed by atoms with Gasteiger partial charge in [-0.25, -0.2) is 4.98 Å². The lowest BCUT2D eigenvalue weighted by Gasteiger charge is -2.36. The first-order valence-corrected chi connectivity index (χ1v) is 11.6. The summed E-state index contributed by atoms with van der Waals surface area (Å²) < 4.78 is 6.49. The average molecular weight is 341 g/mol. The number of hydrogen-bond acceptors (Lipinski definition) is 3. The van der Waals surface area contributed by atoms with Crippen LogP contribution in [0.15, 0.2) is 24.8 Å². The molecule has 2 aromatic rings. The molecule has 3 nitrogen and oxygen atoms in total. The zero-order chi connectivity index (χ0) is 17.7. The van der Waals surface area contributed by atoms with E-state index in [0.29, 0.717) is 0 Å². The van der Waals surface area contributed by atoms with E-state index in [1.54, 1.807) is 0 Å². The molecule has 1 aromatic heterocycles. The fraction of sp³-hybridized carbons (Fsp3) is 0.450. The molecule has 0 saturated heterocycles. The molecule has 4 heteroatoms. The molecule has 0 saturated carbocycles. The normalized spacial score (nSPS) is 14.7. The van der Waals surface area contributed by atoms with Crippen molar-refractivity contribution in [3.8, 4) is 5.75 Å². The first-order chi connectivity index (χ1) is 11.1. The summed E-state index contributed by atoms with van der Waals surface area (Å²) in [5.41, 5.74) is 5.64.